The van der Waals surface area contributed by atoms with Crippen molar-refractivity contribution in [3.8, 4) is 0 Å². The molecule has 0 unspecified atom stereocenters. The number of rotatable bonds is 9. The van der Waals surface area contributed by atoms with Gasteiger partial charge in [-0.05, 0) is 36.2 Å². The molecule has 35 heavy (non-hydrogen) atoms. The molecule has 182 valence electrons. The van der Waals surface area contributed by atoms with Gasteiger partial charge in [0, 0.05) is 63.5 Å². The van der Waals surface area contributed by atoms with E-state index in [1.807, 2.05) is 18.2 Å². The topological polar surface area (TPSA) is 109 Å². The number of hydrogen-bond acceptors (Lipinski definition) is 5. The number of fused-ring (bicyclic) bond motifs is 1. The SMILES string of the molecule is O=C(CCNC(=O)c1cc2n(n1)CCCN(Cc1ccc(F)cc1)C2=O)NCCc1ccccn1. The van der Waals surface area contributed by atoms with Crippen molar-refractivity contribution < 1.29 is 18.8 Å². The van der Waals surface area contributed by atoms with E-state index in [9.17, 15) is 18.8 Å². The van der Waals surface area contributed by atoms with Gasteiger partial charge >= 0.3 is 0 Å². The molecule has 2 N–H and O–H groups in total. The largest absolute Gasteiger partial charge is 0.356 e. The number of carbonyl (C=O) groups is 3. The van der Waals surface area contributed by atoms with Crippen LogP contribution >= 0.6 is 0 Å². The average molecular weight is 479 g/mol. The number of pyridine rings is 1. The van der Waals surface area contributed by atoms with Crippen LogP contribution in [0.5, 0.6) is 0 Å². The van der Waals surface area contributed by atoms with Crippen LogP contribution in [-0.2, 0) is 24.3 Å². The van der Waals surface area contributed by atoms with Crippen LogP contribution in [-0.4, -0.2) is 57.0 Å². The van der Waals surface area contributed by atoms with Gasteiger partial charge in [0.2, 0.25) is 5.91 Å². The number of nitrogens with one attached hydrogen (secondary N) is 2. The third-order valence-corrected chi connectivity index (χ3v) is 5.67. The summed E-state index contributed by atoms with van der Waals surface area (Å²) in [5.74, 6) is -1.17. The number of aromatic nitrogens is 3. The molecule has 3 heterocycles. The third-order valence-electron chi connectivity index (χ3n) is 5.67. The maximum absolute atomic E-state index is 13.2. The molecule has 1 aliphatic heterocycles. The number of hydrogen-bond donors (Lipinski definition) is 2. The Bertz CT molecular complexity index is 1180. The molecule has 1 aliphatic rings. The zero-order valence-corrected chi connectivity index (χ0v) is 19.2. The smallest absolute Gasteiger partial charge is 0.272 e. The van der Waals surface area contributed by atoms with E-state index in [1.165, 1.54) is 18.2 Å². The third kappa shape index (κ3) is 6.50. The summed E-state index contributed by atoms with van der Waals surface area (Å²) in [6.07, 6.45) is 3.15. The summed E-state index contributed by atoms with van der Waals surface area (Å²) in [5, 5.41) is 9.78. The fraction of sp³-hybridized carbons (Fsp3) is 0.320. The molecule has 0 radical (unpaired) electrons. The first-order valence-electron chi connectivity index (χ1n) is 11.6. The van der Waals surface area contributed by atoms with Crippen LogP contribution in [0.2, 0.25) is 0 Å². The second kappa shape index (κ2) is 11.4. The molecule has 0 atom stereocenters. The normalized spacial score (nSPS) is 13.2. The molecule has 2 aromatic heterocycles. The van der Waals surface area contributed by atoms with Crippen molar-refractivity contribution in [2.24, 2.45) is 0 Å². The van der Waals surface area contributed by atoms with Gasteiger partial charge in [-0.2, -0.15) is 5.10 Å². The van der Waals surface area contributed by atoms with Crippen LogP contribution in [0.25, 0.3) is 0 Å². The van der Waals surface area contributed by atoms with Gasteiger partial charge in [-0.25, -0.2) is 4.39 Å². The Morgan fingerprint density at radius 1 is 1.03 bits per heavy atom. The number of benzene rings is 1. The Hall–Kier alpha value is -4.08. The van der Waals surface area contributed by atoms with Gasteiger partial charge in [0.05, 0.1) is 0 Å². The maximum Gasteiger partial charge on any atom is 0.272 e. The highest BCUT2D eigenvalue weighted by molar-refractivity contribution is 5.98. The molecule has 0 saturated carbocycles. The molecule has 0 saturated heterocycles. The van der Waals surface area contributed by atoms with Crippen LogP contribution in [0, 0.1) is 5.82 Å². The van der Waals surface area contributed by atoms with E-state index in [0.717, 1.165) is 11.3 Å². The molecule has 0 spiro atoms. The summed E-state index contributed by atoms with van der Waals surface area (Å²) in [6, 6.07) is 13.1. The van der Waals surface area contributed by atoms with E-state index in [0.29, 0.717) is 44.7 Å². The van der Waals surface area contributed by atoms with Gasteiger partial charge in [0.25, 0.3) is 11.8 Å². The number of halogens is 1. The zero-order valence-electron chi connectivity index (χ0n) is 19.2. The monoisotopic (exact) mass is 478 g/mol. The van der Waals surface area contributed by atoms with Crippen molar-refractivity contribution in [2.75, 3.05) is 19.6 Å². The van der Waals surface area contributed by atoms with Gasteiger partial charge in [-0.1, -0.05) is 18.2 Å². The fourth-order valence-electron chi connectivity index (χ4n) is 3.85. The lowest BCUT2D eigenvalue weighted by Gasteiger charge is -2.20. The first-order chi connectivity index (χ1) is 17.0. The van der Waals surface area contributed by atoms with Crippen LogP contribution in [0.4, 0.5) is 4.39 Å². The molecule has 9 nitrogen and oxygen atoms in total. The molecule has 3 aromatic rings. The summed E-state index contributed by atoms with van der Waals surface area (Å²) < 4.78 is 14.7. The van der Waals surface area contributed by atoms with Crippen molar-refractivity contribution >= 4 is 17.7 Å². The van der Waals surface area contributed by atoms with Crippen LogP contribution < -0.4 is 10.6 Å². The number of amides is 3. The first kappa shape index (κ1) is 24.1. The maximum atomic E-state index is 13.2. The lowest BCUT2D eigenvalue weighted by Crippen LogP contribution is -2.32. The van der Waals surface area contributed by atoms with Crippen molar-refractivity contribution in [2.45, 2.75) is 32.4 Å². The summed E-state index contributed by atoms with van der Waals surface area (Å²) in [7, 11) is 0. The molecule has 0 bridgehead atoms. The van der Waals surface area contributed by atoms with Gasteiger partial charge in [-0.15, -0.1) is 0 Å². The molecule has 3 amide bonds. The second-order valence-corrected chi connectivity index (χ2v) is 8.27. The minimum atomic E-state index is -0.440. The predicted octanol–water partition coefficient (Wildman–Crippen LogP) is 1.94. The fourth-order valence-corrected chi connectivity index (χ4v) is 3.85. The lowest BCUT2D eigenvalue weighted by atomic mass is 10.2. The van der Waals surface area contributed by atoms with Crippen LogP contribution in [0.1, 0.15) is 45.1 Å². The van der Waals surface area contributed by atoms with E-state index < -0.39 is 5.91 Å². The van der Waals surface area contributed by atoms with E-state index >= 15 is 0 Å². The van der Waals surface area contributed by atoms with Crippen LogP contribution in [0.15, 0.2) is 54.7 Å². The highest BCUT2D eigenvalue weighted by Crippen LogP contribution is 2.17. The first-order valence-corrected chi connectivity index (χ1v) is 11.6. The van der Waals surface area contributed by atoms with E-state index in [4.69, 9.17) is 0 Å². The molecule has 0 aliphatic carbocycles. The number of nitrogens with zero attached hydrogens (tertiary/aromatic N) is 4. The van der Waals surface area contributed by atoms with E-state index in [-0.39, 0.29) is 36.3 Å². The molecule has 4 rings (SSSR count). The Morgan fingerprint density at radius 3 is 2.63 bits per heavy atom. The molecule has 10 heteroatoms. The van der Waals surface area contributed by atoms with Crippen molar-refractivity contribution in [3.63, 3.8) is 0 Å². The lowest BCUT2D eigenvalue weighted by molar-refractivity contribution is -0.120. The van der Waals surface area contributed by atoms with Crippen LogP contribution in [0.3, 0.4) is 0 Å². The number of aryl methyl sites for hydroxylation is 1. The molecule has 0 fully saturated rings. The Morgan fingerprint density at radius 2 is 1.86 bits per heavy atom. The van der Waals surface area contributed by atoms with Gasteiger partial charge < -0.3 is 15.5 Å². The van der Waals surface area contributed by atoms with Gasteiger partial charge in [0.15, 0.2) is 5.69 Å². The summed E-state index contributed by atoms with van der Waals surface area (Å²) >= 11 is 0. The van der Waals surface area contributed by atoms with E-state index in [2.05, 4.69) is 20.7 Å². The Balaban J connectivity index is 1.26. The molecular formula is C25H27FN6O3. The number of carbonyl (C=O) groups excluding carboxylic acids is 3. The highest BCUT2D eigenvalue weighted by Gasteiger charge is 2.26. The minimum absolute atomic E-state index is 0.131. The highest BCUT2D eigenvalue weighted by atomic mass is 19.1. The quantitative estimate of drug-likeness (QED) is 0.489. The average Bonchev–Trinajstić information content (AvgIpc) is 3.23. The summed E-state index contributed by atoms with van der Waals surface area (Å²) in [5.41, 5.74) is 2.19. The predicted molar refractivity (Wildman–Crippen MR) is 126 cm³/mol. The molecule has 1 aromatic carbocycles. The summed E-state index contributed by atoms with van der Waals surface area (Å²) in [6.45, 7) is 2.01. The minimum Gasteiger partial charge on any atom is -0.356 e. The Labute approximate surface area is 202 Å². The molecular weight excluding hydrogens is 451 g/mol. The van der Waals surface area contributed by atoms with Crippen molar-refractivity contribution in [3.05, 3.63) is 83.2 Å². The summed E-state index contributed by atoms with van der Waals surface area (Å²) in [4.78, 5) is 43.5. The Kier molecular flexibility index (Phi) is 7.81. The van der Waals surface area contributed by atoms with E-state index in [1.54, 1.807) is 27.9 Å². The standard InChI is InChI=1S/C25H27FN6O3/c26-19-7-5-18(6-8-19)17-31-14-3-15-32-22(25(31)35)16-21(30-32)24(34)29-13-10-23(33)28-12-9-20-4-1-2-11-27-20/h1-2,4-8,11,16H,3,9-10,12-15,17H2,(H,28,33)(H,29,34). The zero-order chi connectivity index (χ0) is 24.6. The van der Waals surface area contributed by atoms with Gasteiger partial charge in [0.1, 0.15) is 11.5 Å². The van der Waals surface area contributed by atoms with Crippen molar-refractivity contribution in [1.29, 1.82) is 0 Å². The second-order valence-electron chi connectivity index (χ2n) is 8.27. The van der Waals surface area contributed by atoms with Crippen molar-refractivity contribution in [1.82, 2.24) is 30.3 Å². The van der Waals surface area contributed by atoms with Gasteiger partial charge in [-0.3, -0.25) is 24.0 Å².